The summed E-state index contributed by atoms with van der Waals surface area (Å²) < 4.78 is 11.5. The molecule has 326 valence electrons. The van der Waals surface area contributed by atoms with Gasteiger partial charge >= 0.3 is 5.97 Å². The second kappa shape index (κ2) is 25.5. The van der Waals surface area contributed by atoms with Gasteiger partial charge in [0.2, 0.25) is 24.1 Å². The normalized spacial score (nSPS) is 15.6. The van der Waals surface area contributed by atoms with Crippen molar-refractivity contribution in [2.45, 2.75) is 134 Å². The number of benzene rings is 2. The molecule has 0 aromatic heterocycles. The molecule has 0 bridgehead atoms. The zero-order chi connectivity index (χ0) is 43.2. The van der Waals surface area contributed by atoms with Gasteiger partial charge in [0.1, 0.15) is 23.4 Å². The van der Waals surface area contributed by atoms with Crippen LogP contribution in [0.4, 0.5) is 0 Å². The minimum Gasteiger partial charge on any atom is -0.494 e. The van der Waals surface area contributed by atoms with Crippen molar-refractivity contribution in [2.75, 3.05) is 26.7 Å². The van der Waals surface area contributed by atoms with Gasteiger partial charge in [-0.05, 0) is 102 Å². The van der Waals surface area contributed by atoms with Gasteiger partial charge in [-0.2, -0.15) is 0 Å². The summed E-state index contributed by atoms with van der Waals surface area (Å²) in [6.45, 7) is 7.82. The molecule has 2 aromatic rings. The Labute approximate surface area is 348 Å². The number of hydrogen-bond donors (Lipinski definition) is 7. The van der Waals surface area contributed by atoms with Crippen molar-refractivity contribution in [3.05, 3.63) is 65.7 Å². The fraction of sp³-hybridized carbons (Fsp3) is 0.591. The lowest BCUT2D eigenvalue weighted by molar-refractivity contribution is -0.158. The van der Waals surface area contributed by atoms with E-state index in [9.17, 15) is 33.9 Å². The Balaban J connectivity index is 1.75. The van der Waals surface area contributed by atoms with E-state index in [4.69, 9.17) is 9.47 Å². The third kappa shape index (κ3) is 17.4. The second-order valence-corrected chi connectivity index (χ2v) is 16.1. The molecule has 2 aromatic carbocycles. The second-order valence-electron chi connectivity index (χ2n) is 16.1. The first-order valence-electron chi connectivity index (χ1n) is 21.0. The van der Waals surface area contributed by atoms with E-state index in [-0.39, 0.29) is 18.8 Å². The van der Waals surface area contributed by atoms with Crippen LogP contribution >= 0.6 is 0 Å². The molecule has 0 saturated heterocycles. The third-order valence-corrected chi connectivity index (χ3v) is 10.0. The quantitative estimate of drug-likeness (QED) is 0.0442. The molecule has 0 radical (unpaired) electrons. The molecule has 15 heteroatoms. The van der Waals surface area contributed by atoms with Crippen LogP contribution in [0, 0.1) is 5.92 Å². The molecule has 1 aliphatic rings. The molecule has 2 unspecified atom stereocenters. The average molecular weight is 823 g/mol. The van der Waals surface area contributed by atoms with Gasteiger partial charge in [0.25, 0.3) is 5.91 Å². The van der Waals surface area contributed by atoms with Crippen LogP contribution in [0.2, 0.25) is 0 Å². The van der Waals surface area contributed by atoms with Gasteiger partial charge in [0.15, 0.2) is 12.1 Å². The Kier molecular flexibility index (Phi) is 20.9. The summed E-state index contributed by atoms with van der Waals surface area (Å²) in [5, 5.41) is 27.7. The molecule has 0 aliphatic heterocycles. The fourth-order valence-electron chi connectivity index (χ4n) is 7.06. The molecule has 7 N–H and O–H groups in total. The number of esters is 1. The van der Waals surface area contributed by atoms with Crippen LogP contribution in [0.15, 0.2) is 54.6 Å². The van der Waals surface area contributed by atoms with Gasteiger partial charge in [-0.3, -0.25) is 24.0 Å². The fourth-order valence-corrected chi connectivity index (χ4v) is 7.06. The van der Waals surface area contributed by atoms with E-state index in [1.165, 1.54) is 0 Å². The maximum absolute atomic E-state index is 14.1. The molecule has 15 nitrogen and oxygen atoms in total. The molecule has 3 rings (SSSR count). The predicted molar refractivity (Wildman–Crippen MR) is 224 cm³/mol. The standard InChI is InChI=1S/C44H66N6O9/c1-6-17-34(39(53)42(56)46-28-36(52)50-38(32-21-12-8-13-22-32)43(57)59-44(2,3)4)48-40(54)35(49-41(55)37(47-29-51)31-19-10-7-11-20-31)27-30-18-16-23-33(26-30)58-25-15-9-14-24-45-5/h8,12-13,16,18,21-23,26,29,31,34-35,37-39,45,53H,6-7,9-11,14-15,17,19-20,24-25,27-28H2,1-5H3,(H,46,56)(H,47,51)(H,48,54)(H,49,55)(H,50,52)/t34?,35-,37-,38-,39?/m0/s1. The summed E-state index contributed by atoms with van der Waals surface area (Å²) in [4.78, 5) is 78.9. The first kappa shape index (κ1) is 48.3. The predicted octanol–water partition coefficient (Wildman–Crippen LogP) is 3.14. The maximum atomic E-state index is 14.1. The van der Waals surface area contributed by atoms with Gasteiger partial charge in [-0.25, -0.2) is 4.79 Å². The molecule has 5 atom stereocenters. The van der Waals surface area contributed by atoms with Crippen molar-refractivity contribution in [2.24, 2.45) is 5.92 Å². The van der Waals surface area contributed by atoms with Crippen LogP contribution in [0.1, 0.15) is 109 Å². The summed E-state index contributed by atoms with van der Waals surface area (Å²) in [7, 11) is 1.92. The number of amides is 5. The van der Waals surface area contributed by atoms with Crippen LogP contribution in [0.3, 0.4) is 0 Å². The van der Waals surface area contributed by atoms with E-state index in [0.717, 1.165) is 57.9 Å². The van der Waals surface area contributed by atoms with Gasteiger partial charge in [-0.15, -0.1) is 0 Å². The molecule has 0 heterocycles. The number of carbonyl (C=O) groups is 6. The van der Waals surface area contributed by atoms with Crippen molar-refractivity contribution in [3.63, 3.8) is 0 Å². The highest BCUT2D eigenvalue weighted by atomic mass is 16.6. The Bertz CT molecular complexity index is 1630. The van der Waals surface area contributed by atoms with Crippen molar-refractivity contribution in [1.29, 1.82) is 0 Å². The molecule has 1 fully saturated rings. The Morgan fingerprint density at radius 3 is 2.27 bits per heavy atom. The SMILES string of the molecule is CCCC(NC(=O)[C@H](Cc1cccc(OCCCCCNC)c1)NC(=O)[C@@H](NC=O)C1CCCCC1)C(O)C(=O)NCC(=O)N[C@H](C(=O)OC(C)(C)C)c1ccccc1. The number of hydrogen-bond acceptors (Lipinski definition) is 10. The van der Waals surface area contributed by atoms with E-state index < -0.39 is 72.0 Å². The largest absolute Gasteiger partial charge is 0.494 e. The number of aliphatic hydroxyl groups excluding tert-OH is 1. The highest BCUT2D eigenvalue weighted by Crippen LogP contribution is 2.27. The summed E-state index contributed by atoms with van der Waals surface area (Å²) in [6, 6.07) is 11.6. The number of carbonyl (C=O) groups excluding carboxylic acids is 6. The smallest absolute Gasteiger partial charge is 0.333 e. The average Bonchev–Trinajstić information content (AvgIpc) is 3.21. The molecule has 1 aliphatic carbocycles. The number of nitrogens with one attached hydrogen (secondary N) is 6. The lowest BCUT2D eigenvalue weighted by Crippen LogP contribution is -2.59. The first-order chi connectivity index (χ1) is 28.3. The molecular formula is C44H66N6O9. The van der Waals surface area contributed by atoms with Crippen LogP contribution in [-0.2, 0) is 39.9 Å². The lowest BCUT2D eigenvalue weighted by atomic mass is 9.83. The van der Waals surface area contributed by atoms with Crippen LogP contribution in [0.25, 0.3) is 0 Å². The zero-order valence-electron chi connectivity index (χ0n) is 35.4. The van der Waals surface area contributed by atoms with E-state index in [1.807, 2.05) is 32.2 Å². The summed E-state index contributed by atoms with van der Waals surface area (Å²) in [6.07, 6.45) is 6.79. The summed E-state index contributed by atoms with van der Waals surface area (Å²) in [5.41, 5.74) is 0.365. The van der Waals surface area contributed by atoms with Crippen molar-refractivity contribution >= 4 is 36.0 Å². The van der Waals surface area contributed by atoms with Crippen LogP contribution in [0.5, 0.6) is 5.75 Å². The van der Waals surface area contributed by atoms with Crippen molar-refractivity contribution < 1.29 is 43.3 Å². The molecule has 59 heavy (non-hydrogen) atoms. The number of rotatable bonds is 25. The minimum atomic E-state index is -1.77. The lowest BCUT2D eigenvalue weighted by Gasteiger charge is -2.31. The zero-order valence-corrected chi connectivity index (χ0v) is 35.4. The Morgan fingerprint density at radius 1 is 0.881 bits per heavy atom. The number of aliphatic hydroxyl groups is 1. The van der Waals surface area contributed by atoms with Crippen molar-refractivity contribution in [1.82, 2.24) is 31.9 Å². The number of unbranched alkanes of at least 4 members (excludes halogenated alkanes) is 2. The molecule has 5 amide bonds. The minimum absolute atomic E-state index is 0.0525. The Morgan fingerprint density at radius 2 is 1.61 bits per heavy atom. The van der Waals surface area contributed by atoms with E-state index in [1.54, 1.807) is 57.2 Å². The first-order valence-corrected chi connectivity index (χ1v) is 21.0. The molecule has 1 saturated carbocycles. The maximum Gasteiger partial charge on any atom is 0.333 e. The molecular weight excluding hydrogens is 757 g/mol. The third-order valence-electron chi connectivity index (χ3n) is 10.0. The van der Waals surface area contributed by atoms with E-state index in [0.29, 0.717) is 36.3 Å². The highest BCUT2D eigenvalue weighted by molar-refractivity contribution is 5.92. The van der Waals surface area contributed by atoms with Gasteiger partial charge in [-0.1, -0.05) is 75.1 Å². The van der Waals surface area contributed by atoms with Gasteiger partial charge in [0.05, 0.1) is 19.2 Å². The topological polar surface area (TPSA) is 213 Å². The highest BCUT2D eigenvalue weighted by Gasteiger charge is 2.35. The van der Waals surface area contributed by atoms with Crippen LogP contribution < -0.4 is 36.6 Å². The summed E-state index contributed by atoms with van der Waals surface area (Å²) in [5.74, 6) is -2.94. The van der Waals surface area contributed by atoms with Gasteiger partial charge < -0.3 is 46.5 Å². The Hall–Kier alpha value is -5.02. The van der Waals surface area contributed by atoms with E-state index in [2.05, 4.69) is 31.9 Å². The van der Waals surface area contributed by atoms with Crippen LogP contribution in [-0.4, -0.2) is 97.7 Å². The van der Waals surface area contributed by atoms with E-state index >= 15 is 0 Å². The monoisotopic (exact) mass is 822 g/mol. The number of ether oxygens (including phenoxy) is 2. The van der Waals surface area contributed by atoms with Crippen molar-refractivity contribution in [3.8, 4) is 5.75 Å². The summed E-state index contributed by atoms with van der Waals surface area (Å²) >= 11 is 0. The van der Waals surface area contributed by atoms with Gasteiger partial charge in [0, 0.05) is 6.42 Å². The molecule has 0 spiro atoms.